The quantitative estimate of drug-likeness (QED) is 0.137. The molecule has 6 aromatic rings. The molecule has 0 aromatic heterocycles. The van der Waals surface area contributed by atoms with Gasteiger partial charge in [-0.3, -0.25) is 4.99 Å². The van der Waals surface area contributed by atoms with Gasteiger partial charge in [0.2, 0.25) is 0 Å². The van der Waals surface area contributed by atoms with Crippen molar-refractivity contribution in [3.63, 3.8) is 0 Å². The van der Waals surface area contributed by atoms with E-state index in [1.807, 2.05) is 6.08 Å². The fraction of sp³-hybridized carbons (Fsp3) is 0.100. The molecule has 0 amide bonds. The van der Waals surface area contributed by atoms with Gasteiger partial charge in [0, 0.05) is 11.3 Å². The van der Waals surface area contributed by atoms with Crippen LogP contribution in [-0.2, 0) is 0 Å². The molecule has 0 aliphatic heterocycles. The van der Waals surface area contributed by atoms with Gasteiger partial charge in [-0.2, -0.15) is 0 Å². The summed E-state index contributed by atoms with van der Waals surface area (Å²) in [5, 5.41) is 0. The highest BCUT2D eigenvalue weighted by Crippen LogP contribution is 2.36. The van der Waals surface area contributed by atoms with E-state index in [4.69, 9.17) is 4.99 Å². The fourth-order valence-electron chi connectivity index (χ4n) is 7.11. The lowest BCUT2D eigenvalue weighted by Crippen LogP contribution is -2.03. The SMILES string of the molecule is C=Cc1cc(-c2ccc(-c3ccc(-c4ccccc4)cc3)cc2)ccc1-c1c(C)cccc1/C(C)=N/C(=C/C)C1=CC=C(c2ccccc2)CC1. The Morgan fingerprint density at radius 1 is 0.588 bits per heavy atom. The number of nitrogens with zero attached hydrogens (tertiary/aromatic N) is 1. The van der Waals surface area contributed by atoms with E-state index in [1.54, 1.807) is 0 Å². The van der Waals surface area contributed by atoms with Gasteiger partial charge in [-0.1, -0.05) is 170 Å². The van der Waals surface area contributed by atoms with Crippen molar-refractivity contribution in [1.29, 1.82) is 0 Å². The number of hydrogen-bond donors (Lipinski definition) is 0. The van der Waals surface area contributed by atoms with Gasteiger partial charge in [0.25, 0.3) is 0 Å². The molecule has 0 heterocycles. The first-order valence-corrected chi connectivity index (χ1v) is 17.8. The van der Waals surface area contributed by atoms with E-state index in [1.165, 1.54) is 66.8 Å². The second-order valence-corrected chi connectivity index (χ2v) is 13.1. The second kappa shape index (κ2) is 15.2. The zero-order chi connectivity index (χ0) is 35.2. The monoisotopic (exact) mass is 657 g/mol. The van der Waals surface area contributed by atoms with Crippen LogP contribution in [-0.4, -0.2) is 5.71 Å². The smallest absolute Gasteiger partial charge is 0.0622 e. The van der Waals surface area contributed by atoms with E-state index < -0.39 is 0 Å². The second-order valence-electron chi connectivity index (χ2n) is 13.1. The topological polar surface area (TPSA) is 12.4 Å². The predicted molar refractivity (Wildman–Crippen MR) is 221 cm³/mol. The standard InChI is InChI=1S/C50H43N/c1-5-37-34-46(44-26-24-43(25-27-44)42-22-20-40(21-23-42)38-15-9-7-10-16-38)32-33-48(37)50-35(3)14-13-19-47(50)36(4)51-49(6-2)45-30-28-41(29-31-45)39-17-11-8-12-18-39/h5-28,30,32-34H,1,29,31H2,2-4H3/b49-6+,51-36+. The van der Waals surface area contributed by atoms with Crippen LogP contribution in [0.1, 0.15) is 48.9 Å². The molecule has 7 rings (SSSR count). The molecule has 6 aromatic carbocycles. The highest BCUT2D eigenvalue weighted by atomic mass is 14.8. The van der Waals surface area contributed by atoms with Crippen molar-refractivity contribution in [2.45, 2.75) is 33.6 Å². The zero-order valence-corrected chi connectivity index (χ0v) is 29.7. The third-order valence-electron chi connectivity index (χ3n) is 9.93. The Kier molecular flexibility index (Phi) is 9.99. The first-order valence-electron chi connectivity index (χ1n) is 17.8. The molecule has 1 aliphatic rings. The molecule has 248 valence electrons. The lowest BCUT2D eigenvalue weighted by molar-refractivity contribution is 0.975. The largest absolute Gasteiger partial charge is 0.253 e. The summed E-state index contributed by atoms with van der Waals surface area (Å²) in [7, 11) is 0. The summed E-state index contributed by atoms with van der Waals surface area (Å²) in [6.45, 7) is 10.6. The Balaban J connectivity index is 1.15. The van der Waals surface area contributed by atoms with Crippen LogP contribution in [0.2, 0.25) is 0 Å². The Morgan fingerprint density at radius 2 is 1.14 bits per heavy atom. The van der Waals surface area contributed by atoms with Crippen molar-refractivity contribution < 1.29 is 0 Å². The van der Waals surface area contributed by atoms with E-state index >= 15 is 0 Å². The number of aliphatic imine (C=N–C) groups is 1. The van der Waals surface area contributed by atoms with Crippen LogP contribution in [0.25, 0.3) is 56.2 Å². The third kappa shape index (κ3) is 7.30. The summed E-state index contributed by atoms with van der Waals surface area (Å²) in [5.41, 5.74) is 19.1. The molecule has 0 spiro atoms. The molecule has 0 unspecified atom stereocenters. The molecule has 51 heavy (non-hydrogen) atoms. The molecule has 0 N–H and O–H groups in total. The van der Waals surface area contributed by atoms with Gasteiger partial charge in [0.15, 0.2) is 0 Å². The van der Waals surface area contributed by atoms with Gasteiger partial charge in [-0.05, 0) is 112 Å². The molecule has 0 atom stereocenters. The van der Waals surface area contributed by atoms with E-state index in [-0.39, 0.29) is 0 Å². The molecule has 0 saturated carbocycles. The maximum absolute atomic E-state index is 5.24. The average Bonchev–Trinajstić information content (AvgIpc) is 3.20. The normalized spacial score (nSPS) is 13.4. The van der Waals surface area contributed by atoms with Crippen molar-refractivity contribution in [2.24, 2.45) is 4.99 Å². The van der Waals surface area contributed by atoms with Crippen LogP contribution < -0.4 is 0 Å². The maximum atomic E-state index is 5.24. The van der Waals surface area contributed by atoms with Gasteiger partial charge < -0.3 is 0 Å². The molecular weight excluding hydrogens is 615 g/mol. The van der Waals surface area contributed by atoms with Gasteiger partial charge in [0.1, 0.15) is 0 Å². The van der Waals surface area contributed by atoms with Crippen LogP contribution >= 0.6 is 0 Å². The van der Waals surface area contributed by atoms with Crippen LogP contribution in [0.3, 0.4) is 0 Å². The highest BCUT2D eigenvalue weighted by Gasteiger charge is 2.16. The average molecular weight is 658 g/mol. The summed E-state index contributed by atoms with van der Waals surface area (Å²) in [5.74, 6) is 0. The predicted octanol–water partition coefficient (Wildman–Crippen LogP) is 13.8. The van der Waals surface area contributed by atoms with Crippen molar-refractivity contribution in [1.82, 2.24) is 0 Å². The lowest BCUT2D eigenvalue weighted by Gasteiger charge is -2.18. The van der Waals surface area contributed by atoms with Crippen molar-refractivity contribution in [3.8, 4) is 44.5 Å². The Bertz CT molecular complexity index is 2300. The molecule has 1 aliphatic carbocycles. The molecule has 0 bridgehead atoms. The minimum Gasteiger partial charge on any atom is -0.253 e. The maximum Gasteiger partial charge on any atom is 0.0622 e. The van der Waals surface area contributed by atoms with E-state index in [0.717, 1.165) is 35.4 Å². The summed E-state index contributed by atoms with van der Waals surface area (Å²) < 4.78 is 0. The fourth-order valence-corrected chi connectivity index (χ4v) is 7.11. The molecule has 0 radical (unpaired) electrons. The summed E-state index contributed by atoms with van der Waals surface area (Å²) in [6.07, 6.45) is 10.6. The minimum atomic E-state index is 0.974. The molecule has 0 fully saturated rings. The van der Waals surface area contributed by atoms with Crippen molar-refractivity contribution in [2.75, 3.05) is 0 Å². The van der Waals surface area contributed by atoms with E-state index in [9.17, 15) is 0 Å². The van der Waals surface area contributed by atoms with E-state index in [2.05, 4.69) is 191 Å². The molecular formula is C50H43N. The highest BCUT2D eigenvalue weighted by molar-refractivity contribution is 6.06. The first-order chi connectivity index (χ1) is 25.0. The van der Waals surface area contributed by atoms with Crippen LogP contribution in [0.15, 0.2) is 187 Å². The molecule has 0 saturated heterocycles. The zero-order valence-electron chi connectivity index (χ0n) is 29.7. The van der Waals surface area contributed by atoms with E-state index in [0.29, 0.717) is 0 Å². The Hall–Kier alpha value is -6.05. The van der Waals surface area contributed by atoms with Crippen LogP contribution in [0.5, 0.6) is 0 Å². The third-order valence-corrected chi connectivity index (χ3v) is 9.93. The summed E-state index contributed by atoms with van der Waals surface area (Å²) >= 11 is 0. The van der Waals surface area contributed by atoms with Gasteiger partial charge in [0.05, 0.1) is 5.70 Å². The van der Waals surface area contributed by atoms with Crippen LogP contribution in [0.4, 0.5) is 0 Å². The number of allylic oxidation sites excluding steroid dienone is 5. The van der Waals surface area contributed by atoms with Gasteiger partial charge in [-0.25, -0.2) is 0 Å². The number of aryl methyl sites for hydroxylation is 1. The Morgan fingerprint density at radius 3 is 1.69 bits per heavy atom. The number of benzene rings is 6. The summed E-state index contributed by atoms with van der Waals surface area (Å²) in [6, 6.07) is 52.1. The van der Waals surface area contributed by atoms with Crippen molar-refractivity contribution in [3.05, 3.63) is 204 Å². The number of rotatable bonds is 9. The molecule has 1 heteroatoms. The Labute approximate surface area is 303 Å². The summed E-state index contributed by atoms with van der Waals surface area (Å²) in [4.78, 5) is 5.24. The van der Waals surface area contributed by atoms with Crippen LogP contribution in [0, 0.1) is 6.92 Å². The minimum absolute atomic E-state index is 0.974. The van der Waals surface area contributed by atoms with Gasteiger partial charge >= 0.3 is 0 Å². The lowest BCUT2D eigenvalue weighted by atomic mass is 9.88. The molecule has 1 nitrogen and oxygen atoms in total. The van der Waals surface area contributed by atoms with Crippen molar-refractivity contribution >= 4 is 17.4 Å². The van der Waals surface area contributed by atoms with Gasteiger partial charge in [-0.15, -0.1) is 0 Å². The number of hydrogen-bond acceptors (Lipinski definition) is 1. The first kappa shape index (κ1) is 33.4.